The van der Waals surface area contributed by atoms with E-state index in [4.69, 9.17) is 14.2 Å². The molecule has 0 saturated carbocycles. The molecule has 8 rings (SSSR count). The molecule has 0 aliphatic carbocycles. The number of anilines is 2. The van der Waals surface area contributed by atoms with Crippen LogP contribution in [0.4, 0.5) is 21.0 Å². The van der Waals surface area contributed by atoms with Gasteiger partial charge in [0.15, 0.2) is 0 Å². The summed E-state index contributed by atoms with van der Waals surface area (Å²) >= 11 is 0. The van der Waals surface area contributed by atoms with Gasteiger partial charge < -0.3 is 24.0 Å². The lowest BCUT2D eigenvalue weighted by Crippen LogP contribution is -2.49. The highest BCUT2D eigenvalue weighted by molar-refractivity contribution is 6.22. The van der Waals surface area contributed by atoms with E-state index in [0.29, 0.717) is 24.5 Å². The molecule has 1 fully saturated rings. The van der Waals surface area contributed by atoms with E-state index in [1.165, 1.54) is 61.7 Å². The van der Waals surface area contributed by atoms with Gasteiger partial charge in [-0.15, -0.1) is 0 Å². The number of morpholine rings is 1. The molecular weight excluding hydrogens is 752 g/mol. The van der Waals surface area contributed by atoms with Crippen molar-refractivity contribution in [3.05, 3.63) is 132 Å². The minimum absolute atomic E-state index is 0.0720. The smallest absolute Gasteiger partial charge is 0.419 e. The molecule has 1 saturated heterocycles. The van der Waals surface area contributed by atoms with Gasteiger partial charge >= 0.3 is 12.2 Å². The van der Waals surface area contributed by atoms with Crippen LogP contribution in [0.15, 0.2) is 110 Å². The predicted molar refractivity (Wildman–Crippen MR) is 201 cm³/mol. The Kier molecular flexibility index (Phi) is 10.3. The molecule has 5 aromatic rings. The first-order valence-electron chi connectivity index (χ1n) is 18.2. The molecule has 2 atom stereocenters. The summed E-state index contributed by atoms with van der Waals surface area (Å²) in [6.45, 7) is -0.541. The summed E-state index contributed by atoms with van der Waals surface area (Å²) in [4.78, 5) is 107. The first kappa shape index (κ1) is 37.5. The van der Waals surface area contributed by atoms with Crippen LogP contribution in [0, 0.1) is 0 Å². The van der Waals surface area contributed by atoms with Gasteiger partial charge in [-0.1, -0.05) is 24.3 Å². The van der Waals surface area contributed by atoms with E-state index in [1.807, 2.05) is 0 Å². The molecule has 0 unspecified atom stereocenters. The molecule has 0 spiro atoms. The molecule has 3 aliphatic heterocycles. The lowest BCUT2D eigenvalue weighted by Gasteiger charge is -2.34. The Bertz CT molecular complexity index is 2200. The summed E-state index contributed by atoms with van der Waals surface area (Å²) < 4.78 is 19.4. The van der Waals surface area contributed by atoms with Gasteiger partial charge in [-0.05, 0) is 48.5 Å². The van der Waals surface area contributed by atoms with Crippen LogP contribution in [0.5, 0.6) is 0 Å². The Morgan fingerprint density at radius 3 is 1.50 bits per heavy atom. The molecule has 58 heavy (non-hydrogen) atoms. The molecule has 3 aromatic carbocycles. The van der Waals surface area contributed by atoms with Crippen molar-refractivity contribution in [3.8, 4) is 0 Å². The first-order valence-corrected chi connectivity index (χ1v) is 18.2. The quantitative estimate of drug-likeness (QED) is 0.168. The van der Waals surface area contributed by atoms with Gasteiger partial charge in [-0.25, -0.2) is 28.7 Å². The summed E-state index contributed by atoms with van der Waals surface area (Å²) in [7, 11) is 0. The van der Waals surface area contributed by atoms with Gasteiger partial charge in [0.05, 0.1) is 55.0 Å². The number of hydrogen-bond donors (Lipinski definition) is 0. The zero-order valence-corrected chi connectivity index (χ0v) is 30.7. The van der Waals surface area contributed by atoms with Crippen LogP contribution in [0.1, 0.15) is 41.4 Å². The minimum atomic E-state index is -1.21. The number of nitrogens with zero attached hydrogens (tertiary/aromatic N) is 8. The third-order valence-corrected chi connectivity index (χ3v) is 9.85. The Balaban J connectivity index is 1.14. The fraction of sp³-hybridized carbons (Fsp3) is 0.225. The number of ether oxygens (including phenoxy) is 3. The Morgan fingerprint density at radius 2 is 1.10 bits per heavy atom. The molecular formula is C40H34N8O10. The number of amides is 5. The Hall–Kier alpha value is -7.47. The highest BCUT2D eigenvalue weighted by Crippen LogP contribution is 2.28. The van der Waals surface area contributed by atoms with Gasteiger partial charge in [0, 0.05) is 42.7 Å². The van der Waals surface area contributed by atoms with Crippen LogP contribution in [-0.2, 0) is 19.0 Å². The lowest BCUT2D eigenvalue weighted by molar-refractivity contribution is -0.125. The molecule has 0 radical (unpaired) electrons. The standard InChI is InChI=1S/C40H34N8O10/c49-34-23-56-18-17-46(34)27-11-9-26(10-12-27)45(19-28(57-39(54)43-15-13-41-24-43)21-47-35(50)30-5-1-2-6-31(30)36(47)51)20-29(58-40(55)44-16-14-42-25-44)22-48-37(52)32-7-3-4-8-33(32)38(48)53/h1-16,24-25,28-29H,17-23H2/t28-,29-/m1/s1. The number of benzene rings is 3. The van der Waals surface area contributed by atoms with Crippen molar-refractivity contribution in [1.29, 1.82) is 0 Å². The maximum Gasteiger partial charge on any atom is 0.419 e. The number of carbonyl (C=O) groups excluding carboxylic acids is 7. The average molecular weight is 787 g/mol. The van der Waals surface area contributed by atoms with Gasteiger partial charge in [0.2, 0.25) is 0 Å². The maximum atomic E-state index is 13.5. The topological polar surface area (TPSA) is 196 Å². The van der Waals surface area contributed by atoms with E-state index < -0.39 is 48.0 Å². The van der Waals surface area contributed by atoms with Crippen LogP contribution < -0.4 is 9.80 Å². The molecule has 0 bridgehead atoms. The van der Waals surface area contributed by atoms with Crippen LogP contribution in [0.3, 0.4) is 0 Å². The molecule has 3 aliphatic rings. The van der Waals surface area contributed by atoms with Crippen LogP contribution in [-0.4, -0.2) is 129 Å². The zero-order chi connectivity index (χ0) is 40.3. The summed E-state index contributed by atoms with van der Waals surface area (Å²) in [5.74, 6) is -2.53. The summed E-state index contributed by atoms with van der Waals surface area (Å²) in [6, 6.07) is 19.5. The van der Waals surface area contributed by atoms with Gasteiger partial charge in [0.25, 0.3) is 29.5 Å². The summed E-state index contributed by atoms with van der Waals surface area (Å²) in [5.41, 5.74) is 1.85. The number of fused-ring (bicyclic) bond motifs is 2. The maximum absolute atomic E-state index is 13.5. The first-order chi connectivity index (χ1) is 28.2. The third-order valence-electron chi connectivity index (χ3n) is 9.85. The van der Waals surface area contributed by atoms with E-state index in [2.05, 4.69) is 9.97 Å². The summed E-state index contributed by atoms with van der Waals surface area (Å²) in [6.07, 6.45) is 3.86. The van der Waals surface area contributed by atoms with Crippen LogP contribution in [0.2, 0.25) is 0 Å². The second-order valence-electron chi connectivity index (χ2n) is 13.5. The monoisotopic (exact) mass is 786 g/mol. The SMILES string of the molecule is O=C1c2ccccc2C(=O)N1C[C@@H](CN(C[C@H](CN1C(=O)c2ccccc2C1=O)OC(=O)n1ccnc1)c1ccc(N2CCOCC2=O)cc1)OC(=O)n1ccnc1. The fourth-order valence-electron chi connectivity index (χ4n) is 7.03. The largest absolute Gasteiger partial charge is 0.442 e. The second kappa shape index (κ2) is 15.9. The van der Waals surface area contributed by atoms with Gasteiger partial charge in [-0.2, -0.15) is 0 Å². The van der Waals surface area contributed by atoms with Gasteiger partial charge in [0.1, 0.15) is 31.5 Å². The molecule has 5 heterocycles. The highest BCUT2D eigenvalue weighted by Gasteiger charge is 2.40. The van der Waals surface area contributed by atoms with Crippen molar-refractivity contribution >= 4 is 53.1 Å². The molecule has 18 heteroatoms. The molecule has 0 N–H and O–H groups in total. The normalized spacial score (nSPS) is 16.0. The minimum Gasteiger partial charge on any atom is -0.442 e. The number of imidazole rings is 2. The van der Waals surface area contributed by atoms with Gasteiger partial charge in [-0.3, -0.25) is 33.8 Å². The van der Waals surface area contributed by atoms with E-state index >= 15 is 0 Å². The third kappa shape index (κ3) is 7.42. The van der Waals surface area contributed by atoms with Crippen LogP contribution in [0.25, 0.3) is 0 Å². The van der Waals surface area contributed by atoms with Crippen molar-refractivity contribution in [2.45, 2.75) is 12.2 Å². The van der Waals surface area contributed by atoms with E-state index in [9.17, 15) is 33.6 Å². The molecule has 294 valence electrons. The number of hydrogen-bond acceptors (Lipinski definition) is 13. The highest BCUT2D eigenvalue weighted by atomic mass is 16.6. The van der Waals surface area contributed by atoms with Crippen molar-refractivity contribution < 1.29 is 47.8 Å². The average Bonchev–Trinajstić information content (AvgIpc) is 4.06. The predicted octanol–water partition coefficient (Wildman–Crippen LogP) is 2.95. The zero-order valence-electron chi connectivity index (χ0n) is 30.7. The van der Waals surface area contributed by atoms with Crippen LogP contribution >= 0.6 is 0 Å². The number of carbonyl (C=O) groups is 7. The Morgan fingerprint density at radius 1 is 0.655 bits per heavy atom. The van der Waals surface area contributed by atoms with Crippen molar-refractivity contribution in [2.24, 2.45) is 0 Å². The van der Waals surface area contributed by atoms with E-state index in [1.54, 1.807) is 58.3 Å². The van der Waals surface area contributed by atoms with Crippen molar-refractivity contribution in [1.82, 2.24) is 28.9 Å². The van der Waals surface area contributed by atoms with E-state index in [-0.39, 0.29) is 60.9 Å². The van der Waals surface area contributed by atoms with E-state index in [0.717, 1.165) is 18.9 Å². The Labute approximate surface area is 329 Å². The number of imide groups is 2. The van der Waals surface area contributed by atoms with Crippen molar-refractivity contribution in [3.63, 3.8) is 0 Å². The number of rotatable bonds is 12. The lowest BCUT2D eigenvalue weighted by atomic mass is 10.1. The second-order valence-corrected chi connectivity index (χ2v) is 13.5. The molecule has 5 amide bonds. The fourth-order valence-corrected chi connectivity index (χ4v) is 7.03. The number of aromatic nitrogens is 4. The van der Waals surface area contributed by atoms with Crippen molar-refractivity contribution in [2.75, 3.05) is 55.7 Å². The summed E-state index contributed by atoms with van der Waals surface area (Å²) in [5, 5.41) is 0. The molecule has 18 nitrogen and oxygen atoms in total. The molecule has 2 aromatic heterocycles.